The maximum atomic E-state index is 14.2. The first-order valence-corrected chi connectivity index (χ1v) is 15.4. The predicted octanol–water partition coefficient (Wildman–Crippen LogP) is 5.20. The second-order valence-corrected chi connectivity index (χ2v) is 13.2. The molecule has 3 amide bonds. The van der Waals surface area contributed by atoms with Crippen LogP contribution in [0, 0.1) is 5.92 Å². The third-order valence-corrected chi connectivity index (χ3v) is 8.65. The van der Waals surface area contributed by atoms with Crippen molar-refractivity contribution in [3.8, 4) is 0 Å². The molecule has 2 aliphatic rings. The largest absolute Gasteiger partial charge is 0.444 e. The Morgan fingerprint density at radius 2 is 1.81 bits per heavy atom. The van der Waals surface area contributed by atoms with Gasteiger partial charge in [0.05, 0.1) is 18.1 Å². The molecule has 0 radical (unpaired) electrons. The molecule has 2 heterocycles. The standard InChI is InChI=1S/C31H44ClN5O5/c1-19(35(6)30(41)42-31(3,4)5)28(39)33-27(21-11-8-7-9-12-21)29(40)36-16-10-13-23(36)18-37-25-15-14-22(32)17-24(25)26(34-37)20(2)38/h14-15,17,19,21,23,27H,7-13,16,18H2,1-6H3,(H,33,39)/t19-,23-,27-/m0/s1. The summed E-state index contributed by atoms with van der Waals surface area (Å²) in [5, 5.41) is 8.87. The SMILES string of the molecule is CC(=O)c1nn(C[C@@H]2CCCN2C(=O)[C@@H](NC(=O)[C@H](C)N(C)C(=O)OC(C)(C)C)C2CCCCC2)c2ccc(Cl)cc12. The molecule has 0 spiro atoms. The zero-order valence-corrected chi connectivity index (χ0v) is 26.4. The summed E-state index contributed by atoms with van der Waals surface area (Å²) in [5.41, 5.74) is 0.461. The van der Waals surface area contributed by atoms with Crippen molar-refractivity contribution in [2.45, 2.75) is 110 Å². The number of carbonyl (C=O) groups excluding carboxylic acids is 4. The number of likely N-dealkylation sites (N-methyl/N-ethyl adjacent to an activating group) is 1. The van der Waals surface area contributed by atoms with Crippen molar-refractivity contribution in [2.24, 2.45) is 5.92 Å². The van der Waals surface area contributed by atoms with Gasteiger partial charge in [-0.25, -0.2) is 4.79 Å². The first-order valence-electron chi connectivity index (χ1n) is 15.0. The van der Waals surface area contributed by atoms with E-state index < -0.39 is 23.8 Å². The van der Waals surface area contributed by atoms with Crippen molar-refractivity contribution in [3.05, 3.63) is 28.9 Å². The Morgan fingerprint density at radius 3 is 2.45 bits per heavy atom. The summed E-state index contributed by atoms with van der Waals surface area (Å²) in [7, 11) is 1.53. The van der Waals surface area contributed by atoms with Crippen molar-refractivity contribution in [3.63, 3.8) is 0 Å². The zero-order chi connectivity index (χ0) is 30.8. The smallest absolute Gasteiger partial charge is 0.410 e. The van der Waals surface area contributed by atoms with E-state index in [0.717, 1.165) is 50.5 Å². The second-order valence-electron chi connectivity index (χ2n) is 12.7. The van der Waals surface area contributed by atoms with Gasteiger partial charge in [-0.1, -0.05) is 30.9 Å². The van der Waals surface area contributed by atoms with Crippen molar-refractivity contribution in [2.75, 3.05) is 13.6 Å². The highest BCUT2D eigenvalue weighted by Gasteiger charge is 2.40. The van der Waals surface area contributed by atoms with E-state index in [1.165, 1.54) is 18.9 Å². The molecule has 1 aromatic heterocycles. The predicted molar refractivity (Wildman–Crippen MR) is 161 cm³/mol. The number of benzene rings is 1. The van der Waals surface area contributed by atoms with Crippen molar-refractivity contribution in [1.29, 1.82) is 0 Å². The highest BCUT2D eigenvalue weighted by molar-refractivity contribution is 6.31. The van der Waals surface area contributed by atoms with Crippen molar-refractivity contribution in [1.82, 2.24) is 24.9 Å². The van der Waals surface area contributed by atoms with Crippen LogP contribution >= 0.6 is 11.6 Å². The van der Waals surface area contributed by atoms with Gasteiger partial charge in [0.15, 0.2) is 5.78 Å². The molecule has 1 aromatic carbocycles. The highest BCUT2D eigenvalue weighted by atomic mass is 35.5. The van der Waals surface area contributed by atoms with Crippen LogP contribution in [0.3, 0.4) is 0 Å². The minimum atomic E-state index is -0.819. The van der Waals surface area contributed by atoms with E-state index in [0.29, 0.717) is 29.2 Å². The summed E-state index contributed by atoms with van der Waals surface area (Å²) in [4.78, 5) is 55.8. The van der Waals surface area contributed by atoms with Crippen LogP contribution < -0.4 is 5.32 Å². The van der Waals surface area contributed by atoms with E-state index in [-0.39, 0.29) is 29.6 Å². The number of ketones is 1. The lowest BCUT2D eigenvalue weighted by atomic mass is 9.83. The van der Waals surface area contributed by atoms with E-state index in [9.17, 15) is 19.2 Å². The zero-order valence-electron chi connectivity index (χ0n) is 25.6. The van der Waals surface area contributed by atoms with Crippen molar-refractivity contribution >= 4 is 46.2 Å². The van der Waals surface area contributed by atoms with Crippen LogP contribution in [0.5, 0.6) is 0 Å². The number of aromatic nitrogens is 2. The number of amides is 3. The summed E-state index contributed by atoms with van der Waals surface area (Å²) >= 11 is 6.21. The molecule has 2 aromatic rings. The number of rotatable bonds is 8. The van der Waals surface area contributed by atoms with E-state index in [1.807, 2.05) is 11.0 Å². The lowest BCUT2D eigenvalue weighted by Gasteiger charge is -2.36. The molecule has 0 unspecified atom stereocenters. The third-order valence-electron chi connectivity index (χ3n) is 8.42. The molecule has 230 valence electrons. The lowest BCUT2D eigenvalue weighted by molar-refractivity contribution is -0.140. The van der Waals surface area contributed by atoms with Crippen LogP contribution in [0.4, 0.5) is 4.79 Å². The van der Waals surface area contributed by atoms with Crippen LogP contribution in [-0.4, -0.2) is 80.6 Å². The molecule has 1 saturated heterocycles. The Kier molecular flexibility index (Phi) is 9.85. The summed E-state index contributed by atoms with van der Waals surface area (Å²) in [6, 6.07) is 3.73. The van der Waals surface area contributed by atoms with Crippen LogP contribution in [0.25, 0.3) is 10.9 Å². The molecular formula is C31H44ClN5O5. The first kappa shape index (κ1) is 31.8. The average Bonchev–Trinajstić information content (AvgIpc) is 3.54. The molecule has 4 rings (SSSR count). The summed E-state index contributed by atoms with van der Waals surface area (Å²) in [6.07, 6.45) is 5.89. The van der Waals surface area contributed by atoms with Gasteiger partial charge < -0.3 is 15.0 Å². The fourth-order valence-electron chi connectivity index (χ4n) is 6.04. The number of nitrogens with zero attached hydrogens (tertiary/aromatic N) is 4. The van der Waals surface area contributed by atoms with E-state index in [2.05, 4.69) is 10.4 Å². The first-order chi connectivity index (χ1) is 19.8. The van der Waals surface area contributed by atoms with Gasteiger partial charge in [-0.3, -0.25) is 24.0 Å². The number of ether oxygens (including phenoxy) is 1. The minimum Gasteiger partial charge on any atom is -0.444 e. The second kappa shape index (κ2) is 13.0. The molecular weight excluding hydrogens is 558 g/mol. The molecule has 42 heavy (non-hydrogen) atoms. The van der Waals surface area contributed by atoms with Gasteiger partial charge in [0, 0.05) is 30.9 Å². The monoisotopic (exact) mass is 601 g/mol. The highest BCUT2D eigenvalue weighted by Crippen LogP contribution is 2.31. The molecule has 1 aliphatic carbocycles. The van der Waals surface area contributed by atoms with E-state index in [4.69, 9.17) is 16.3 Å². The molecule has 1 saturated carbocycles. The number of halogens is 1. The number of carbonyl (C=O) groups is 4. The van der Waals surface area contributed by atoms with Gasteiger partial charge in [-0.15, -0.1) is 0 Å². The van der Waals surface area contributed by atoms with E-state index >= 15 is 0 Å². The Labute approximate surface area is 253 Å². The van der Waals surface area contributed by atoms with Gasteiger partial charge in [0.1, 0.15) is 23.4 Å². The number of fused-ring (bicyclic) bond motifs is 1. The number of hydrogen-bond acceptors (Lipinski definition) is 6. The molecule has 1 N–H and O–H groups in total. The maximum Gasteiger partial charge on any atom is 0.410 e. The molecule has 10 nitrogen and oxygen atoms in total. The number of hydrogen-bond donors (Lipinski definition) is 1. The van der Waals surface area contributed by atoms with Crippen LogP contribution in [0.2, 0.25) is 5.02 Å². The lowest BCUT2D eigenvalue weighted by Crippen LogP contribution is -2.57. The quantitative estimate of drug-likeness (QED) is 0.416. The molecule has 11 heteroatoms. The van der Waals surface area contributed by atoms with Gasteiger partial charge in [-0.05, 0) is 77.5 Å². The number of likely N-dealkylation sites (tertiary alicyclic amines) is 1. The van der Waals surface area contributed by atoms with Crippen molar-refractivity contribution < 1.29 is 23.9 Å². The average molecular weight is 602 g/mol. The van der Waals surface area contributed by atoms with Gasteiger partial charge in [0.2, 0.25) is 11.8 Å². The Hall–Kier alpha value is -3.14. The van der Waals surface area contributed by atoms with Gasteiger partial charge in [-0.2, -0.15) is 5.10 Å². The Bertz CT molecular complexity index is 1330. The molecule has 2 fully saturated rings. The number of nitrogens with one attached hydrogen (secondary N) is 1. The summed E-state index contributed by atoms with van der Waals surface area (Å²) in [6.45, 7) is 9.46. The fourth-order valence-corrected chi connectivity index (χ4v) is 6.21. The Balaban J connectivity index is 1.54. The van der Waals surface area contributed by atoms with Crippen LogP contribution in [-0.2, 0) is 20.9 Å². The van der Waals surface area contributed by atoms with Gasteiger partial charge >= 0.3 is 6.09 Å². The van der Waals surface area contributed by atoms with Crippen LogP contribution in [0.1, 0.15) is 90.1 Å². The van der Waals surface area contributed by atoms with Crippen LogP contribution in [0.15, 0.2) is 18.2 Å². The summed E-state index contributed by atoms with van der Waals surface area (Å²) < 4.78 is 7.24. The Morgan fingerprint density at radius 1 is 1.12 bits per heavy atom. The molecule has 3 atom stereocenters. The fraction of sp³-hybridized carbons (Fsp3) is 0.645. The minimum absolute atomic E-state index is 0.0208. The van der Waals surface area contributed by atoms with Gasteiger partial charge in [0.25, 0.3) is 0 Å². The normalized spacial score (nSPS) is 19.4. The molecule has 0 bridgehead atoms. The van der Waals surface area contributed by atoms with E-state index in [1.54, 1.807) is 44.5 Å². The summed E-state index contributed by atoms with van der Waals surface area (Å²) in [5.74, 6) is -0.612. The maximum absolute atomic E-state index is 14.2. The number of Topliss-reactive ketones (excluding diaryl/α,β-unsaturated/α-hetero) is 1. The topological polar surface area (TPSA) is 114 Å². The molecule has 1 aliphatic heterocycles. The third kappa shape index (κ3) is 7.25.